The van der Waals surface area contributed by atoms with Crippen molar-refractivity contribution in [2.24, 2.45) is 5.92 Å². The molecule has 10 heteroatoms. The van der Waals surface area contributed by atoms with Crippen LogP contribution in [-0.4, -0.2) is 70.7 Å². The van der Waals surface area contributed by atoms with Gasteiger partial charge >= 0.3 is 6.09 Å². The Hall–Kier alpha value is -3.56. The van der Waals surface area contributed by atoms with E-state index in [0.717, 1.165) is 22.8 Å². The number of rotatable bonds is 9. The molecule has 1 heterocycles. The first-order valence-electron chi connectivity index (χ1n) is 11.5. The van der Waals surface area contributed by atoms with Crippen molar-refractivity contribution in [2.75, 3.05) is 20.7 Å². The molecule has 4 N–H and O–H groups in total. The maximum atomic E-state index is 12.6. The summed E-state index contributed by atoms with van der Waals surface area (Å²) in [7, 11) is 3.18. The fraction of sp³-hybridized carbons (Fsp3) is 0.500. The minimum Gasteiger partial charge on any atom is -0.497 e. The Morgan fingerprint density at radius 1 is 1.26 bits per heavy atom. The van der Waals surface area contributed by atoms with Gasteiger partial charge < -0.3 is 30.4 Å². The first-order valence-corrected chi connectivity index (χ1v) is 11.5. The Morgan fingerprint density at radius 2 is 2.00 bits per heavy atom. The van der Waals surface area contributed by atoms with Gasteiger partial charge in [-0.1, -0.05) is 12.1 Å². The van der Waals surface area contributed by atoms with Crippen LogP contribution in [0.5, 0.6) is 5.75 Å². The average molecular weight is 472 g/mol. The summed E-state index contributed by atoms with van der Waals surface area (Å²) in [6, 6.07) is 6.91. The molecule has 1 aromatic carbocycles. The number of H-pyrrole nitrogens is 1. The van der Waals surface area contributed by atoms with Crippen LogP contribution in [0.2, 0.25) is 0 Å². The van der Waals surface area contributed by atoms with Gasteiger partial charge in [0.1, 0.15) is 17.6 Å². The highest BCUT2D eigenvalue weighted by Gasteiger charge is 2.31. The number of benzene rings is 1. The monoisotopic (exact) mass is 471 g/mol. The molecule has 34 heavy (non-hydrogen) atoms. The molecule has 0 aliphatic heterocycles. The molecule has 0 radical (unpaired) electrons. The van der Waals surface area contributed by atoms with Crippen LogP contribution >= 0.6 is 0 Å². The summed E-state index contributed by atoms with van der Waals surface area (Å²) in [5.74, 6) is 0.885. The van der Waals surface area contributed by atoms with Gasteiger partial charge in [-0.3, -0.25) is 9.59 Å². The summed E-state index contributed by atoms with van der Waals surface area (Å²) < 4.78 is 5.25. The number of imidazole rings is 1. The van der Waals surface area contributed by atoms with Gasteiger partial charge in [0, 0.05) is 43.7 Å². The highest BCUT2D eigenvalue weighted by molar-refractivity contribution is 5.88. The van der Waals surface area contributed by atoms with E-state index >= 15 is 0 Å². The van der Waals surface area contributed by atoms with E-state index in [9.17, 15) is 14.4 Å². The number of aromatic nitrogens is 2. The van der Waals surface area contributed by atoms with Gasteiger partial charge in [-0.2, -0.15) is 0 Å². The molecule has 0 saturated heterocycles. The Kier molecular flexibility index (Phi) is 8.50. The van der Waals surface area contributed by atoms with Crippen molar-refractivity contribution in [3.63, 3.8) is 0 Å². The first kappa shape index (κ1) is 25.1. The Bertz CT molecular complexity index is 999. The summed E-state index contributed by atoms with van der Waals surface area (Å²) in [4.78, 5) is 45.1. The molecule has 1 saturated carbocycles. The second-order valence-corrected chi connectivity index (χ2v) is 8.63. The van der Waals surface area contributed by atoms with Gasteiger partial charge in [-0.05, 0) is 44.7 Å². The number of nitrogens with one attached hydrogen (secondary N) is 3. The predicted molar refractivity (Wildman–Crippen MR) is 126 cm³/mol. The number of hydrogen-bond donors (Lipinski definition) is 4. The largest absolute Gasteiger partial charge is 0.497 e. The maximum absolute atomic E-state index is 12.6. The lowest BCUT2D eigenvalue weighted by atomic mass is 9.85. The minimum absolute atomic E-state index is 0.0618. The van der Waals surface area contributed by atoms with Crippen LogP contribution in [0.4, 0.5) is 4.79 Å². The fourth-order valence-corrected chi connectivity index (χ4v) is 4.16. The molecule has 1 aromatic heterocycles. The number of carboxylic acid groups (broad SMARTS) is 1. The molecule has 10 nitrogen and oxygen atoms in total. The number of hydrogen-bond acceptors (Lipinski definition) is 5. The summed E-state index contributed by atoms with van der Waals surface area (Å²) >= 11 is 0. The number of carbonyl (C=O) groups is 3. The van der Waals surface area contributed by atoms with Gasteiger partial charge in [-0.25, -0.2) is 9.78 Å². The van der Waals surface area contributed by atoms with Gasteiger partial charge in [0.25, 0.3) is 0 Å². The average Bonchev–Trinajstić information content (AvgIpc) is 3.32. The van der Waals surface area contributed by atoms with Crippen molar-refractivity contribution in [1.82, 2.24) is 25.5 Å². The topological polar surface area (TPSA) is 137 Å². The molecule has 3 rings (SSSR count). The van der Waals surface area contributed by atoms with E-state index in [0.29, 0.717) is 38.6 Å². The Labute approximate surface area is 199 Å². The van der Waals surface area contributed by atoms with Gasteiger partial charge in [0.15, 0.2) is 0 Å². The molecule has 184 valence electrons. The summed E-state index contributed by atoms with van der Waals surface area (Å²) in [5.41, 5.74) is 1.73. The van der Waals surface area contributed by atoms with E-state index in [2.05, 4.69) is 20.6 Å². The zero-order valence-electron chi connectivity index (χ0n) is 19.8. The fourth-order valence-electron chi connectivity index (χ4n) is 4.16. The summed E-state index contributed by atoms with van der Waals surface area (Å²) in [6.07, 6.45) is 3.89. The number of amides is 3. The van der Waals surface area contributed by atoms with Gasteiger partial charge in [-0.15, -0.1) is 0 Å². The Morgan fingerprint density at radius 3 is 2.68 bits per heavy atom. The van der Waals surface area contributed by atoms with E-state index in [1.807, 2.05) is 30.5 Å². The molecule has 1 atom stereocenters. The van der Waals surface area contributed by atoms with Crippen molar-refractivity contribution in [1.29, 1.82) is 0 Å². The molecule has 0 spiro atoms. The van der Waals surface area contributed by atoms with Crippen LogP contribution in [0.1, 0.15) is 38.4 Å². The predicted octanol–water partition coefficient (Wildman–Crippen LogP) is 2.42. The second kappa shape index (κ2) is 11.5. The quantitative estimate of drug-likeness (QED) is 0.443. The van der Waals surface area contributed by atoms with Crippen molar-refractivity contribution >= 4 is 17.9 Å². The third-order valence-electron chi connectivity index (χ3n) is 6.33. The molecule has 1 fully saturated rings. The zero-order valence-corrected chi connectivity index (χ0v) is 19.8. The number of aromatic amines is 1. The van der Waals surface area contributed by atoms with E-state index in [1.54, 1.807) is 21.1 Å². The highest BCUT2D eigenvalue weighted by atomic mass is 16.5. The number of nitrogens with zero attached hydrogens (tertiary/aromatic N) is 2. The smallest absolute Gasteiger partial charge is 0.407 e. The van der Waals surface area contributed by atoms with Crippen molar-refractivity contribution in [3.8, 4) is 17.0 Å². The SMILES string of the molecule is COc1cccc(-c2c[nH]c(CCNC(=O)[C@H](C)NC(=O)C3CCC(N(C)C(=O)O)CC3)n2)c1. The summed E-state index contributed by atoms with van der Waals surface area (Å²) in [5, 5.41) is 14.7. The number of ether oxygens (including phenoxy) is 1. The van der Waals surface area contributed by atoms with Gasteiger partial charge in [0.2, 0.25) is 11.8 Å². The molecule has 0 bridgehead atoms. The summed E-state index contributed by atoms with van der Waals surface area (Å²) in [6.45, 7) is 2.04. The van der Waals surface area contributed by atoms with Crippen molar-refractivity contribution in [3.05, 3.63) is 36.3 Å². The van der Waals surface area contributed by atoms with Crippen LogP contribution in [0, 0.1) is 5.92 Å². The second-order valence-electron chi connectivity index (χ2n) is 8.63. The van der Waals surface area contributed by atoms with E-state index in [1.165, 1.54) is 4.90 Å². The van der Waals surface area contributed by atoms with E-state index < -0.39 is 12.1 Å². The maximum Gasteiger partial charge on any atom is 0.407 e. The minimum atomic E-state index is -0.954. The lowest BCUT2D eigenvalue weighted by Gasteiger charge is -2.32. The normalized spacial score (nSPS) is 18.6. The molecule has 3 amide bonds. The molecule has 0 unspecified atom stereocenters. The van der Waals surface area contributed by atoms with E-state index in [-0.39, 0.29) is 23.8 Å². The first-order chi connectivity index (χ1) is 16.3. The number of methoxy groups -OCH3 is 1. The van der Waals surface area contributed by atoms with Crippen LogP contribution in [0.15, 0.2) is 30.5 Å². The molecule has 1 aliphatic rings. The van der Waals surface area contributed by atoms with Crippen LogP contribution < -0.4 is 15.4 Å². The number of carbonyl (C=O) groups excluding carboxylic acids is 2. The van der Waals surface area contributed by atoms with Gasteiger partial charge in [0.05, 0.1) is 12.8 Å². The van der Waals surface area contributed by atoms with Crippen LogP contribution in [0.25, 0.3) is 11.3 Å². The third kappa shape index (κ3) is 6.49. The van der Waals surface area contributed by atoms with Crippen molar-refractivity contribution < 1.29 is 24.2 Å². The van der Waals surface area contributed by atoms with E-state index in [4.69, 9.17) is 9.84 Å². The lowest BCUT2D eigenvalue weighted by molar-refractivity contribution is -0.131. The zero-order chi connectivity index (χ0) is 24.7. The van der Waals surface area contributed by atoms with Crippen LogP contribution in [0.3, 0.4) is 0 Å². The molecule has 1 aliphatic carbocycles. The third-order valence-corrected chi connectivity index (χ3v) is 6.33. The highest BCUT2D eigenvalue weighted by Crippen LogP contribution is 2.27. The lowest BCUT2D eigenvalue weighted by Crippen LogP contribution is -2.48. The Balaban J connectivity index is 1.40. The standard InChI is InChI=1S/C24H33N5O5/c1-15(27-23(31)16-7-9-18(10-8-16)29(2)24(32)33)22(30)25-12-11-21-26-14-20(28-21)17-5-4-6-19(13-17)34-3/h4-6,13-16,18H,7-12H2,1-3H3,(H,25,30)(H,26,28)(H,27,31)(H,32,33)/t15-,16?,18?/m0/s1. The van der Waals surface area contributed by atoms with Crippen molar-refractivity contribution in [2.45, 2.75) is 51.1 Å². The van der Waals surface area contributed by atoms with Crippen LogP contribution in [-0.2, 0) is 16.0 Å². The molecular weight excluding hydrogens is 438 g/mol. The molecule has 2 aromatic rings. The molecular formula is C24H33N5O5.